The van der Waals surface area contributed by atoms with Crippen molar-refractivity contribution in [3.8, 4) is 0 Å². The Bertz CT molecular complexity index is 889. The number of hydrogen-bond acceptors (Lipinski definition) is 7. The van der Waals surface area contributed by atoms with Gasteiger partial charge in [-0.3, -0.25) is 14.9 Å². The number of amides is 1. The number of ether oxygens (including phenoxy) is 1. The van der Waals surface area contributed by atoms with Crippen LogP contribution in [0.3, 0.4) is 0 Å². The number of non-ortho nitro benzene ring substituents is 1. The zero-order valence-corrected chi connectivity index (χ0v) is 14.9. The molecule has 26 heavy (non-hydrogen) atoms. The zero-order chi connectivity index (χ0) is 19.4. The number of esters is 1. The molecular formula is C14H9Cl3N4O5. The Morgan fingerprint density at radius 2 is 1.81 bits per heavy atom. The highest BCUT2D eigenvalue weighted by molar-refractivity contribution is 6.46. The van der Waals surface area contributed by atoms with Crippen LogP contribution in [0.4, 0.5) is 17.1 Å². The predicted molar refractivity (Wildman–Crippen MR) is 95.7 cm³/mol. The number of nitrogens with two attached hydrogens (primary N) is 1. The maximum Gasteiger partial charge on any atom is 0.359 e. The van der Waals surface area contributed by atoms with Gasteiger partial charge >= 0.3 is 5.97 Å². The van der Waals surface area contributed by atoms with Gasteiger partial charge in [-0.2, -0.15) is 0 Å². The number of pyridine rings is 1. The summed E-state index contributed by atoms with van der Waals surface area (Å²) in [4.78, 5) is 37.4. The summed E-state index contributed by atoms with van der Waals surface area (Å²) in [7, 11) is 0. The summed E-state index contributed by atoms with van der Waals surface area (Å²) >= 11 is 17.3. The van der Waals surface area contributed by atoms with Gasteiger partial charge in [0, 0.05) is 17.8 Å². The molecule has 0 saturated heterocycles. The van der Waals surface area contributed by atoms with E-state index in [1.54, 1.807) is 0 Å². The van der Waals surface area contributed by atoms with Crippen LogP contribution >= 0.6 is 34.8 Å². The van der Waals surface area contributed by atoms with Gasteiger partial charge in [0.1, 0.15) is 5.02 Å². The van der Waals surface area contributed by atoms with Gasteiger partial charge in [0.2, 0.25) is 0 Å². The molecule has 1 amide bonds. The van der Waals surface area contributed by atoms with E-state index >= 15 is 0 Å². The van der Waals surface area contributed by atoms with E-state index in [2.05, 4.69) is 10.3 Å². The fraction of sp³-hybridized carbons (Fsp3) is 0.0714. The van der Waals surface area contributed by atoms with Crippen LogP contribution in [0.5, 0.6) is 0 Å². The molecular weight excluding hydrogens is 411 g/mol. The standard InChI is InChI=1S/C14H9Cl3N4O5/c15-9-11(18)10(16)13(17)20-12(9)14(23)26-5-8(22)19-6-1-3-7(4-2-6)21(24)25/h1-4H,5H2,(H2,18,20)(H,19,22). The third-order valence-electron chi connectivity index (χ3n) is 2.96. The maximum absolute atomic E-state index is 12.0. The Hall–Kier alpha value is -2.62. The van der Waals surface area contributed by atoms with Crippen molar-refractivity contribution in [2.24, 2.45) is 0 Å². The molecule has 0 unspecified atom stereocenters. The van der Waals surface area contributed by atoms with Crippen LogP contribution in [0.25, 0.3) is 0 Å². The first kappa shape index (κ1) is 19.7. The second kappa shape index (κ2) is 8.17. The number of rotatable bonds is 5. The fourth-order valence-electron chi connectivity index (χ4n) is 1.73. The molecule has 12 heteroatoms. The van der Waals surface area contributed by atoms with Gasteiger partial charge < -0.3 is 15.8 Å². The number of nitro benzene ring substituents is 1. The van der Waals surface area contributed by atoms with Crippen LogP contribution in [-0.2, 0) is 9.53 Å². The fourth-order valence-corrected chi connectivity index (χ4v) is 2.31. The number of halogens is 3. The van der Waals surface area contributed by atoms with Crippen LogP contribution in [0.1, 0.15) is 10.5 Å². The van der Waals surface area contributed by atoms with Gasteiger partial charge in [0.15, 0.2) is 17.5 Å². The lowest BCUT2D eigenvalue weighted by molar-refractivity contribution is -0.384. The van der Waals surface area contributed by atoms with Crippen molar-refractivity contribution < 1.29 is 19.2 Å². The molecule has 0 radical (unpaired) electrons. The summed E-state index contributed by atoms with van der Waals surface area (Å²) in [5.41, 5.74) is 5.21. The van der Waals surface area contributed by atoms with Crippen molar-refractivity contribution in [3.05, 3.63) is 55.3 Å². The Morgan fingerprint density at radius 3 is 2.38 bits per heavy atom. The molecule has 0 fully saturated rings. The predicted octanol–water partition coefficient (Wildman–Crippen LogP) is 3.33. The maximum atomic E-state index is 12.0. The Kier molecular flexibility index (Phi) is 6.19. The van der Waals surface area contributed by atoms with E-state index in [1.807, 2.05) is 0 Å². The number of nitrogens with zero attached hydrogens (tertiary/aromatic N) is 2. The van der Waals surface area contributed by atoms with Crippen molar-refractivity contribution >= 4 is 63.7 Å². The van der Waals surface area contributed by atoms with E-state index < -0.39 is 23.4 Å². The third-order valence-corrected chi connectivity index (χ3v) is 4.10. The number of hydrogen-bond donors (Lipinski definition) is 2. The average Bonchev–Trinajstić information content (AvgIpc) is 2.61. The molecule has 1 heterocycles. The molecule has 0 saturated carbocycles. The van der Waals surface area contributed by atoms with E-state index in [-0.39, 0.29) is 38.0 Å². The number of carbonyl (C=O) groups excluding carboxylic acids is 2. The van der Waals surface area contributed by atoms with Gasteiger partial charge in [-0.05, 0) is 12.1 Å². The lowest BCUT2D eigenvalue weighted by atomic mass is 10.3. The second-order valence-corrected chi connectivity index (χ2v) is 5.84. The van der Waals surface area contributed by atoms with E-state index in [9.17, 15) is 19.7 Å². The molecule has 0 aliphatic carbocycles. The number of nitrogen functional groups attached to an aromatic ring is 1. The molecule has 9 nitrogen and oxygen atoms in total. The van der Waals surface area contributed by atoms with Gasteiger partial charge in [0.05, 0.1) is 15.6 Å². The minimum Gasteiger partial charge on any atom is -0.451 e. The molecule has 0 spiro atoms. The van der Waals surface area contributed by atoms with Crippen molar-refractivity contribution in [3.63, 3.8) is 0 Å². The van der Waals surface area contributed by atoms with Gasteiger partial charge in [-0.1, -0.05) is 34.8 Å². The summed E-state index contributed by atoms with van der Waals surface area (Å²) in [6.07, 6.45) is 0. The quantitative estimate of drug-likeness (QED) is 0.328. The number of aromatic nitrogens is 1. The monoisotopic (exact) mass is 418 g/mol. The first-order chi connectivity index (χ1) is 12.2. The average molecular weight is 420 g/mol. The number of carbonyl (C=O) groups is 2. The van der Waals surface area contributed by atoms with E-state index in [0.717, 1.165) is 0 Å². The van der Waals surface area contributed by atoms with Crippen LogP contribution in [0.15, 0.2) is 24.3 Å². The van der Waals surface area contributed by atoms with Crippen molar-refractivity contribution in [1.29, 1.82) is 0 Å². The molecule has 1 aromatic heterocycles. The van der Waals surface area contributed by atoms with Gasteiger partial charge in [-0.15, -0.1) is 0 Å². The molecule has 136 valence electrons. The summed E-state index contributed by atoms with van der Waals surface area (Å²) in [5.74, 6) is -1.71. The van der Waals surface area contributed by atoms with Gasteiger partial charge in [0.25, 0.3) is 11.6 Å². The zero-order valence-electron chi connectivity index (χ0n) is 12.7. The second-order valence-electron chi connectivity index (χ2n) is 4.72. The largest absolute Gasteiger partial charge is 0.451 e. The van der Waals surface area contributed by atoms with Crippen molar-refractivity contribution in [2.75, 3.05) is 17.7 Å². The topological polar surface area (TPSA) is 137 Å². The van der Waals surface area contributed by atoms with Crippen LogP contribution in [-0.4, -0.2) is 28.4 Å². The van der Waals surface area contributed by atoms with E-state index in [1.165, 1.54) is 24.3 Å². The van der Waals surface area contributed by atoms with Crippen LogP contribution < -0.4 is 11.1 Å². The van der Waals surface area contributed by atoms with E-state index in [0.29, 0.717) is 0 Å². The summed E-state index contributed by atoms with van der Waals surface area (Å²) < 4.78 is 4.79. The van der Waals surface area contributed by atoms with Crippen LogP contribution in [0.2, 0.25) is 15.2 Å². The van der Waals surface area contributed by atoms with Gasteiger partial charge in [-0.25, -0.2) is 9.78 Å². The summed E-state index contributed by atoms with van der Waals surface area (Å²) in [6.45, 7) is -0.659. The van der Waals surface area contributed by atoms with E-state index in [4.69, 9.17) is 45.3 Å². The van der Waals surface area contributed by atoms with Crippen molar-refractivity contribution in [1.82, 2.24) is 4.98 Å². The van der Waals surface area contributed by atoms with Crippen molar-refractivity contribution in [2.45, 2.75) is 0 Å². The molecule has 3 N–H and O–H groups in total. The summed E-state index contributed by atoms with van der Waals surface area (Å²) in [5, 5.41) is 12.4. The smallest absolute Gasteiger partial charge is 0.359 e. The molecule has 1 aromatic carbocycles. The molecule has 0 aliphatic rings. The molecule has 0 aliphatic heterocycles. The highest BCUT2D eigenvalue weighted by atomic mass is 35.5. The third kappa shape index (κ3) is 4.51. The number of nitro groups is 1. The molecule has 2 rings (SSSR count). The lowest BCUT2D eigenvalue weighted by Crippen LogP contribution is -2.21. The Balaban J connectivity index is 1.99. The Labute approximate surface area is 161 Å². The minimum atomic E-state index is -1.03. The van der Waals surface area contributed by atoms with Crippen LogP contribution in [0, 0.1) is 10.1 Å². The highest BCUT2D eigenvalue weighted by Crippen LogP contribution is 2.34. The lowest BCUT2D eigenvalue weighted by Gasteiger charge is -2.09. The molecule has 2 aromatic rings. The number of benzene rings is 1. The SMILES string of the molecule is Nc1c(Cl)c(Cl)nc(C(=O)OCC(=O)Nc2ccc([N+](=O)[O-])cc2)c1Cl. The number of anilines is 2. The normalized spacial score (nSPS) is 10.3. The number of nitrogens with one attached hydrogen (secondary N) is 1. The summed E-state index contributed by atoms with van der Waals surface area (Å²) in [6, 6.07) is 5.08. The first-order valence-corrected chi connectivity index (χ1v) is 7.85. The molecule has 0 atom stereocenters. The minimum absolute atomic E-state index is 0.107. The highest BCUT2D eigenvalue weighted by Gasteiger charge is 2.21. The Morgan fingerprint density at radius 1 is 1.19 bits per heavy atom. The first-order valence-electron chi connectivity index (χ1n) is 6.72. The molecule has 0 bridgehead atoms.